The molecule has 8 nitrogen and oxygen atoms in total. The molecule has 0 saturated heterocycles. The topological polar surface area (TPSA) is 102 Å². The van der Waals surface area contributed by atoms with Crippen LogP contribution in [0.1, 0.15) is 71.1 Å². The molecule has 0 spiro atoms. The van der Waals surface area contributed by atoms with Crippen molar-refractivity contribution in [3.8, 4) is 0 Å². The highest BCUT2D eigenvalue weighted by Crippen LogP contribution is 2.43. The highest BCUT2D eigenvalue weighted by molar-refractivity contribution is 7.47. The molecule has 2 unspecified atom stereocenters. The second-order valence-electron chi connectivity index (χ2n) is 9.55. The number of hydrogen-bond donors (Lipinski definition) is 2. The number of phosphoric acid groups is 1. The Kier molecular flexibility index (Phi) is 20.1. The predicted octanol–water partition coefficient (Wildman–Crippen LogP) is 5.32. The summed E-state index contributed by atoms with van der Waals surface area (Å²) in [5.41, 5.74) is 0. The van der Waals surface area contributed by atoms with Gasteiger partial charge in [-0.15, -0.1) is 0 Å². The molecule has 0 rings (SSSR count). The molecule has 2 N–H and O–H groups in total. The molecule has 0 aromatic carbocycles. The fourth-order valence-electron chi connectivity index (χ4n) is 2.85. The standard InChI is InChI=1S/C26H48NO7P/c1-5-6-7-8-9-10-11-12-13-14-15-16-17-18-19-20-26(29)32-23-25(28)24-34-35(30,31)33-22-21-27(2,3)4/h6-7,9-10,12-13,25,28H,5,8,11,14-24H2,1-4H3/p+1/b7-6+,10-9+,13-12+. The van der Waals surface area contributed by atoms with Gasteiger partial charge in [0.25, 0.3) is 0 Å². The number of likely N-dealkylation sites (N-methyl/N-ethyl adjacent to an activating group) is 1. The van der Waals surface area contributed by atoms with Gasteiger partial charge < -0.3 is 19.2 Å². The smallest absolute Gasteiger partial charge is 0.463 e. The van der Waals surface area contributed by atoms with Gasteiger partial charge in [0.2, 0.25) is 0 Å². The second kappa shape index (κ2) is 20.9. The zero-order valence-corrected chi connectivity index (χ0v) is 23.2. The molecule has 0 heterocycles. The summed E-state index contributed by atoms with van der Waals surface area (Å²) in [6.07, 6.45) is 21.5. The molecule has 9 heteroatoms. The Hall–Kier alpha value is -1.28. The number of esters is 1. The molecule has 204 valence electrons. The number of allylic oxidation sites excluding steroid dienone is 6. The van der Waals surface area contributed by atoms with Crippen molar-refractivity contribution in [3.05, 3.63) is 36.5 Å². The average molecular weight is 519 g/mol. The molecule has 2 atom stereocenters. The summed E-state index contributed by atoms with van der Waals surface area (Å²) < 4.78 is 27.0. The Morgan fingerprint density at radius 2 is 1.49 bits per heavy atom. The van der Waals surface area contributed by atoms with E-state index in [9.17, 15) is 19.4 Å². The van der Waals surface area contributed by atoms with Crippen LogP contribution in [0.15, 0.2) is 36.5 Å². The number of rotatable bonds is 22. The molecule has 0 aliphatic rings. The second-order valence-corrected chi connectivity index (χ2v) is 11.0. The number of phosphoric ester groups is 1. The van der Waals surface area contributed by atoms with Crippen LogP contribution in [0.5, 0.6) is 0 Å². The third kappa shape index (κ3) is 25.6. The number of hydrogen-bond acceptors (Lipinski definition) is 6. The zero-order chi connectivity index (χ0) is 26.4. The summed E-state index contributed by atoms with van der Waals surface area (Å²) in [7, 11) is 1.54. The largest absolute Gasteiger partial charge is 0.472 e. The lowest BCUT2D eigenvalue weighted by atomic mass is 10.1. The minimum Gasteiger partial charge on any atom is -0.463 e. The highest BCUT2D eigenvalue weighted by atomic mass is 31.2. The van der Waals surface area contributed by atoms with Crippen molar-refractivity contribution in [2.75, 3.05) is 47.5 Å². The van der Waals surface area contributed by atoms with Gasteiger partial charge in [0.05, 0.1) is 27.7 Å². The molecule has 0 bridgehead atoms. The molecule has 0 radical (unpaired) electrons. The first kappa shape index (κ1) is 33.7. The lowest BCUT2D eigenvalue weighted by molar-refractivity contribution is -0.870. The van der Waals surface area contributed by atoms with Gasteiger partial charge in [0, 0.05) is 6.42 Å². The lowest BCUT2D eigenvalue weighted by Crippen LogP contribution is -2.37. The molecule has 0 saturated carbocycles. The Bertz CT molecular complexity index is 671. The summed E-state index contributed by atoms with van der Waals surface area (Å²) in [5.74, 6) is -0.392. The molecular weight excluding hydrogens is 469 g/mol. The van der Waals surface area contributed by atoms with Gasteiger partial charge in [0.15, 0.2) is 0 Å². The van der Waals surface area contributed by atoms with Crippen molar-refractivity contribution in [1.82, 2.24) is 0 Å². The summed E-state index contributed by atoms with van der Waals surface area (Å²) in [6.45, 7) is 1.98. The number of aliphatic hydroxyl groups is 1. The summed E-state index contributed by atoms with van der Waals surface area (Å²) >= 11 is 0. The number of ether oxygens (including phenoxy) is 1. The molecule has 0 amide bonds. The van der Waals surface area contributed by atoms with E-state index in [2.05, 4.69) is 43.4 Å². The van der Waals surface area contributed by atoms with Gasteiger partial charge in [-0.1, -0.05) is 62.6 Å². The predicted molar refractivity (Wildman–Crippen MR) is 141 cm³/mol. The monoisotopic (exact) mass is 518 g/mol. The highest BCUT2D eigenvalue weighted by Gasteiger charge is 2.24. The minimum absolute atomic E-state index is 0.0497. The van der Waals surface area contributed by atoms with Crippen LogP contribution in [0.3, 0.4) is 0 Å². The molecule has 0 fully saturated rings. The van der Waals surface area contributed by atoms with E-state index in [4.69, 9.17) is 13.8 Å². The lowest BCUT2D eigenvalue weighted by Gasteiger charge is -2.24. The van der Waals surface area contributed by atoms with Crippen molar-refractivity contribution in [2.45, 2.75) is 77.2 Å². The molecule has 0 aromatic heterocycles. The summed E-state index contributed by atoms with van der Waals surface area (Å²) in [5, 5.41) is 9.81. The van der Waals surface area contributed by atoms with Gasteiger partial charge >= 0.3 is 13.8 Å². The van der Waals surface area contributed by atoms with Gasteiger partial charge in [-0.2, -0.15) is 0 Å². The number of aliphatic hydroxyl groups excluding tert-OH is 1. The van der Waals surface area contributed by atoms with Crippen LogP contribution in [-0.4, -0.2) is 74.1 Å². The van der Waals surface area contributed by atoms with Crippen LogP contribution < -0.4 is 0 Å². The third-order valence-corrected chi connectivity index (χ3v) is 5.90. The van der Waals surface area contributed by atoms with Crippen molar-refractivity contribution in [3.63, 3.8) is 0 Å². The summed E-state index contributed by atoms with van der Waals surface area (Å²) in [4.78, 5) is 21.4. The minimum atomic E-state index is -4.25. The average Bonchev–Trinajstić information content (AvgIpc) is 2.78. The van der Waals surface area contributed by atoms with E-state index in [-0.39, 0.29) is 13.2 Å². The normalized spacial score (nSPS) is 15.3. The third-order valence-electron chi connectivity index (χ3n) is 4.92. The van der Waals surface area contributed by atoms with Crippen molar-refractivity contribution < 1.29 is 37.6 Å². The first-order valence-electron chi connectivity index (χ1n) is 12.8. The van der Waals surface area contributed by atoms with E-state index in [0.29, 0.717) is 17.4 Å². The maximum absolute atomic E-state index is 11.8. The van der Waals surface area contributed by atoms with Crippen LogP contribution in [0.4, 0.5) is 0 Å². The van der Waals surface area contributed by atoms with E-state index in [1.54, 1.807) is 0 Å². The van der Waals surface area contributed by atoms with Crippen LogP contribution in [0.2, 0.25) is 0 Å². The van der Waals surface area contributed by atoms with Crippen molar-refractivity contribution in [1.29, 1.82) is 0 Å². The van der Waals surface area contributed by atoms with E-state index in [1.807, 2.05) is 21.1 Å². The van der Waals surface area contributed by atoms with Crippen molar-refractivity contribution >= 4 is 13.8 Å². The summed E-state index contributed by atoms with van der Waals surface area (Å²) in [6, 6.07) is 0. The van der Waals surface area contributed by atoms with Crippen molar-refractivity contribution in [2.24, 2.45) is 0 Å². The molecule has 35 heavy (non-hydrogen) atoms. The molecule has 0 aromatic rings. The SMILES string of the molecule is CC/C=C/C/C=C/C/C=C/CCCCCCCC(=O)OCC(O)COP(=O)(O)OCC[N+](C)(C)C. The van der Waals surface area contributed by atoms with E-state index in [1.165, 1.54) is 0 Å². The van der Waals surface area contributed by atoms with Gasteiger partial charge in [0.1, 0.15) is 25.9 Å². The number of nitrogens with zero attached hydrogens (tertiary/aromatic N) is 1. The van der Waals surface area contributed by atoms with Crippen LogP contribution in [0.25, 0.3) is 0 Å². The molecular formula is C26H49NO7P+. The fourth-order valence-corrected chi connectivity index (χ4v) is 3.59. The van der Waals surface area contributed by atoms with E-state index < -0.39 is 26.5 Å². The Labute approximate surface area is 212 Å². The Balaban J connectivity index is 3.66. The number of unbranched alkanes of at least 4 members (excludes halogenated alkanes) is 5. The maximum Gasteiger partial charge on any atom is 0.472 e. The van der Waals surface area contributed by atoms with Gasteiger partial charge in [-0.3, -0.25) is 13.8 Å². The van der Waals surface area contributed by atoms with Gasteiger partial charge in [-0.25, -0.2) is 4.57 Å². The Morgan fingerprint density at radius 1 is 0.886 bits per heavy atom. The van der Waals surface area contributed by atoms with E-state index in [0.717, 1.165) is 57.8 Å². The van der Waals surface area contributed by atoms with Crippen LogP contribution in [-0.2, 0) is 23.1 Å². The Morgan fingerprint density at radius 3 is 2.14 bits per heavy atom. The van der Waals surface area contributed by atoms with E-state index >= 15 is 0 Å². The molecule has 0 aliphatic heterocycles. The first-order valence-corrected chi connectivity index (χ1v) is 14.3. The van der Waals surface area contributed by atoms with Crippen LogP contribution >= 0.6 is 7.82 Å². The van der Waals surface area contributed by atoms with Crippen LogP contribution in [0, 0.1) is 0 Å². The van der Waals surface area contributed by atoms with Gasteiger partial charge in [-0.05, 0) is 38.5 Å². The maximum atomic E-state index is 11.8. The number of quaternary nitrogens is 1. The fraction of sp³-hybridized carbons (Fsp3) is 0.731. The first-order chi connectivity index (χ1) is 16.6. The quantitative estimate of drug-likeness (QED) is 0.0657. The number of carbonyl (C=O) groups is 1. The zero-order valence-electron chi connectivity index (χ0n) is 22.3. The number of carbonyl (C=O) groups excluding carboxylic acids is 1. The molecule has 0 aliphatic carbocycles.